The highest BCUT2D eigenvalue weighted by Crippen LogP contribution is 2.14. The Bertz CT molecular complexity index is 568. The Morgan fingerprint density at radius 2 is 1.95 bits per heavy atom. The van der Waals surface area contributed by atoms with Crippen molar-refractivity contribution in [3.63, 3.8) is 0 Å². The van der Waals surface area contributed by atoms with Crippen LogP contribution in [0, 0.1) is 11.3 Å². The van der Waals surface area contributed by atoms with E-state index in [2.05, 4.69) is 4.90 Å². The lowest BCUT2D eigenvalue weighted by Gasteiger charge is -2.19. The molecule has 0 unspecified atom stereocenters. The molecule has 0 saturated carbocycles. The van der Waals surface area contributed by atoms with Crippen molar-refractivity contribution in [2.24, 2.45) is 0 Å². The molecule has 108 valence electrons. The molecule has 1 aliphatic rings. The second-order valence-corrected chi connectivity index (χ2v) is 8.10. The molecule has 4 nitrogen and oxygen atoms in total. The predicted molar refractivity (Wildman–Crippen MR) is 81.6 cm³/mol. The minimum Gasteiger partial charge on any atom is -0.301 e. The van der Waals surface area contributed by atoms with Crippen LogP contribution >= 0.6 is 11.8 Å². The van der Waals surface area contributed by atoms with Crippen LogP contribution < -0.4 is 0 Å². The molecule has 1 aliphatic heterocycles. The summed E-state index contributed by atoms with van der Waals surface area (Å²) in [6.07, 6.45) is 1.13. The number of thioether (sulfide) groups is 1. The summed E-state index contributed by atoms with van der Waals surface area (Å²) in [7, 11) is -3.25. The molecule has 0 aromatic heterocycles. The minimum absolute atomic E-state index is 0.142. The lowest BCUT2D eigenvalue weighted by molar-refractivity contribution is 0.312. The normalized spacial score (nSPS) is 17.4. The zero-order chi connectivity index (χ0) is 14.4. The third-order valence-electron chi connectivity index (χ3n) is 3.33. The first-order valence-corrected chi connectivity index (χ1v) is 9.45. The average Bonchev–Trinajstić information content (AvgIpc) is 2.74. The van der Waals surface area contributed by atoms with Crippen LogP contribution in [0.1, 0.15) is 12.0 Å². The topological polar surface area (TPSA) is 61.2 Å². The molecule has 2 rings (SSSR count). The summed E-state index contributed by atoms with van der Waals surface area (Å²) in [6.45, 7) is 2.53. The molecule has 1 saturated heterocycles. The monoisotopic (exact) mass is 310 g/mol. The summed E-state index contributed by atoms with van der Waals surface area (Å²) in [5.74, 6) is 2.39. The van der Waals surface area contributed by atoms with Crippen molar-refractivity contribution in [1.82, 2.24) is 4.90 Å². The SMILES string of the molecule is N#Cc1ccc(S(=O)(=O)CCN2CCCSCC2)cc1. The molecule has 0 spiro atoms. The Hall–Kier alpha value is -1.03. The summed E-state index contributed by atoms with van der Waals surface area (Å²) in [6, 6.07) is 8.13. The van der Waals surface area contributed by atoms with E-state index in [1.165, 1.54) is 17.9 Å². The Labute approximate surface area is 124 Å². The molecular weight excluding hydrogens is 292 g/mol. The number of hydrogen-bond donors (Lipinski definition) is 0. The van der Waals surface area contributed by atoms with E-state index in [-0.39, 0.29) is 5.75 Å². The van der Waals surface area contributed by atoms with Crippen LogP contribution in [0.5, 0.6) is 0 Å². The van der Waals surface area contributed by atoms with E-state index in [1.807, 2.05) is 17.8 Å². The van der Waals surface area contributed by atoms with Crippen molar-refractivity contribution < 1.29 is 8.42 Å². The van der Waals surface area contributed by atoms with Crippen molar-refractivity contribution in [1.29, 1.82) is 5.26 Å². The number of nitriles is 1. The first-order valence-electron chi connectivity index (χ1n) is 6.65. The van der Waals surface area contributed by atoms with Gasteiger partial charge in [0.25, 0.3) is 0 Å². The Morgan fingerprint density at radius 3 is 2.65 bits per heavy atom. The first kappa shape index (κ1) is 15.4. The maximum Gasteiger partial charge on any atom is 0.179 e. The third kappa shape index (κ3) is 4.23. The lowest BCUT2D eigenvalue weighted by atomic mass is 10.2. The smallest absolute Gasteiger partial charge is 0.179 e. The maximum absolute atomic E-state index is 12.2. The van der Waals surface area contributed by atoms with Gasteiger partial charge in [-0.15, -0.1) is 0 Å². The van der Waals surface area contributed by atoms with E-state index in [4.69, 9.17) is 5.26 Å². The molecule has 0 bridgehead atoms. The van der Waals surface area contributed by atoms with E-state index in [0.29, 0.717) is 17.0 Å². The van der Waals surface area contributed by atoms with Crippen LogP contribution in [0.25, 0.3) is 0 Å². The van der Waals surface area contributed by atoms with Crippen molar-refractivity contribution >= 4 is 21.6 Å². The molecular formula is C14H18N2O2S2. The molecule has 0 N–H and O–H groups in total. The fourth-order valence-electron chi connectivity index (χ4n) is 2.13. The lowest BCUT2D eigenvalue weighted by Crippen LogP contribution is -2.31. The molecule has 6 heteroatoms. The Kier molecular flexibility index (Phi) is 5.46. The van der Waals surface area contributed by atoms with Crippen LogP contribution in [0.2, 0.25) is 0 Å². The quantitative estimate of drug-likeness (QED) is 0.848. The van der Waals surface area contributed by atoms with E-state index in [9.17, 15) is 8.42 Å². The maximum atomic E-state index is 12.2. The molecule has 0 atom stereocenters. The summed E-state index contributed by atoms with van der Waals surface area (Å²) in [5, 5.41) is 8.72. The molecule has 1 aromatic carbocycles. The highest BCUT2D eigenvalue weighted by Gasteiger charge is 2.17. The standard InChI is InChI=1S/C14H18N2O2S2/c15-12-13-2-4-14(5-3-13)20(17,18)11-8-16-6-1-9-19-10-7-16/h2-5H,1,6-11H2. The zero-order valence-electron chi connectivity index (χ0n) is 11.3. The van der Waals surface area contributed by atoms with Gasteiger partial charge < -0.3 is 4.90 Å². The van der Waals surface area contributed by atoms with Crippen molar-refractivity contribution in [3.05, 3.63) is 29.8 Å². The first-order chi connectivity index (χ1) is 9.62. The van der Waals surface area contributed by atoms with E-state index >= 15 is 0 Å². The van der Waals surface area contributed by atoms with Gasteiger partial charge in [0, 0.05) is 18.8 Å². The molecule has 0 radical (unpaired) electrons. The molecule has 0 aliphatic carbocycles. The summed E-state index contributed by atoms with van der Waals surface area (Å²) < 4.78 is 24.5. The largest absolute Gasteiger partial charge is 0.301 e. The molecule has 1 aromatic rings. The fourth-order valence-corrected chi connectivity index (χ4v) is 4.33. The van der Waals surface area contributed by atoms with Gasteiger partial charge in [-0.05, 0) is 43.0 Å². The molecule has 1 heterocycles. The number of benzene rings is 1. The van der Waals surface area contributed by atoms with Crippen LogP contribution in [0.3, 0.4) is 0 Å². The number of nitrogens with zero attached hydrogens (tertiary/aromatic N) is 2. The predicted octanol–water partition coefficient (Wildman–Crippen LogP) is 1.77. The highest BCUT2D eigenvalue weighted by atomic mass is 32.2. The fraction of sp³-hybridized carbons (Fsp3) is 0.500. The van der Waals surface area contributed by atoms with Gasteiger partial charge in [0.05, 0.1) is 22.3 Å². The van der Waals surface area contributed by atoms with Crippen LogP contribution in [0.15, 0.2) is 29.2 Å². The van der Waals surface area contributed by atoms with Crippen LogP contribution in [0.4, 0.5) is 0 Å². The zero-order valence-corrected chi connectivity index (χ0v) is 12.9. The summed E-state index contributed by atoms with van der Waals surface area (Å²) in [5.41, 5.74) is 0.480. The van der Waals surface area contributed by atoms with Crippen molar-refractivity contribution in [3.8, 4) is 6.07 Å². The third-order valence-corrected chi connectivity index (χ3v) is 6.09. The Morgan fingerprint density at radius 1 is 1.20 bits per heavy atom. The minimum atomic E-state index is -3.25. The van der Waals surface area contributed by atoms with Crippen LogP contribution in [-0.2, 0) is 9.84 Å². The van der Waals surface area contributed by atoms with Gasteiger partial charge in [0.15, 0.2) is 9.84 Å². The number of sulfone groups is 1. The van der Waals surface area contributed by atoms with Gasteiger partial charge in [0.2, 0.25) is 0 Å². The second kappa shape index (κ2) is 7.11. The molecule has 20 heavy (non-hydrogen) atoms. The van der Waals surface area contributed by atoms with Gasteiger partial charge in [-0.25, -0.2) is 8.42 Å². The number of hydrogen-bond acceptors (Lipinski definition) is 5. The van der Waals surface area contributed by atoms with E-state index in [1.54, 1.807) is 12.1 Å². The van der Waals surface area contributed by atoms with Crippen LogP contribution in [-0.4, -0.2) is 50.2 Å². The van der Waals surface area contributed by atoms with Gasteiger partial charge in [-0.1, -0.05) is 0 Å². The van der Waals surface area contributed by atoms with Gasteiger partial charge >= 0.3 is 0 Å². The Balaban J connectivity index is 1.97. The average molecular weight is 310 g/mol. The summed E-state index contributed by atoms with van der Waals surface area (Å²) in [4.78, 5) is 2.53. The van der Waals surface area contributed by atoms with E-state index < -0.39 is 9.84 Å². The highest BCUT2D eigenvalue weighted by molar-refractivity contribution is 7.99. The van der Waals surface area contributed by atoms with E-state index in [0.717, 1.165) is 25.3 Å². The molecule has 1 fully saturated rings. The summed E-state index contributed by atoms with van der Waals surface area (Å²) >= 11 is 1.93. The van der Waals surface area contributed by atoms with Crippen molar-refractivity contribution in [2.75, 3.05) is 36.9 Å². The molecule has 0 amide bonds. The van der Waals surface area contributed by atoms with Gasteiger partial charge in [-0.3, -0.25) is 0 Å². The van der Waals surface area contributed by atoms with Gasteiger partial charge in [0.1, 0.15) is 0 Å². The van der Waals surface area contributed by atoms with Gasteiger partial charge in [-0.2, -0.15) is 17.0 Å². The number of rotatable bonds is 4. The second-order valence-electron chi connectivity index (χ2n) is 4.76. The van der Waals surface area contributed by atoms with Crippen molar-refractivity contribution in [2.45, 2.75) is 11.3 Å².